The highest BCUT2D eigenvalue weighted by atomic mass is 16.5. The number of amides is 2. The lowest BCUT2D eigenvalue weighted by molar-refractivity contribution is -0.162. The first kappa shape index (κ1) is 21.3. The molecule has 1 atom stereocenters. The highest BCUT2D eigenvalue weighted by molar-refractivity contribution is 5.91. The Morgan fingerprint density at radius 3 is 2.18 bits per heavy atom. The number of anilines is 1. The van der Waals surface area contributed by atoms with Crippen molar-refractivity contribution in [2.75, 3.05) is 44.7 Å². The maximum Gasteiger partial charge on any atom is 0.245 e. The molecule has 2 amide bonds. The zero-order valence-corrected chi connectivity index (χ0v) is 19.9. The molecule has 6 fully saturated rings. The molecule has 0 N–H and O–H groups in total. The molecule has 0 aromatic heterocycles. The van der Waals surface area contributed by atoms with Gasteiger partial charge in [0, 0.05) is 32.7 Å². The Bertz CT molecular complexity index is 888. The Morgan fingerprint density at radius 1 is 0.909 bits per heavy atom. The van der Waals surface area contributed by atoms with Crippen LogP contribution in [0.15, 0.2) is 24.3 Å². The standard InChI is InChI=1S/C27H37N3O3/c1-33-24-7-3-2-5-22(24)28-9-11-29(12-10-28)25(31)23-6-4-8-30(23)26(32)27-16-19-13-20(17-27)15-21(14-19)18-27/h2-3,5,7,19-21,23H,4,6,8-18H2,1H3. The third-order valence-corrected chi connectivity index (χ3v) is 9.31. The van der Waals surface area contributed by atoms with Crippen LogP contribution < -0.4 is 9.64 Å². The molecule has 2 saturated heterocycles. The van der Waals surface area contributed by atoms with E-state index in [-0.39, 0.29) is 17.4 Å². The van der Waals surface area contributed by atoms with Crippen molar-refractivity contribution in [3.63, 3.8) is 0 Å². The van der Waals surface area contributed by atoms with Crippen LogP contribution in [0.2, 0.25) is 0 Å². The lowest BCUT2D eigenvalue weighted by atomic mass is 9.49. The van der Waals surface area contributed by atoms with Crippen molar-refractivity contribution in [2.45, 2.75) is 57.4 Å². The van der Waals surface area contributed by atoms with Crippen molar-refractivity contribution in [3.05, 3.63) is 24.3 Å². The van der Waals surface area contributed by atoms with Crippen molar-refractivity contribution >= 4 is 17.5 Å². The van der Waals surface area contributed by atoms with E-state index in [1.54, 1.807) is 7.11 Å². The lowest BCUT2D eigenvalue weighted by Crippen LogP contribution is -2.59. The van der Waals surface area contributed by atoms with Crippen molar-refractivity contribution < 1.29 is 14.3 Å². The molecule has 0 radical (unpaired) electrons. The van der Waals surface area contributed by atoms with Crippen LogP contribution in [0.4, 0.5) is 5.69 Å². The number of carbonyl (C=O) groups is 2. The van der Waals surface area contributed by atoms with Gasteiger partial charge in [-0.1, -0.05) is 12.1 Å². The summed E-state index contributed by atoms with van der Waals surface area (Å²) in [4.78, 5) is 33.9. The maximum atomic E-state index is 13.9. The molecule has 33 heavy (non-hydrogen) atoms. The van der Waals surface area contributed by atoms with Gasteiger partial charge in [0.2, 0.25) is 11.8 Å². The maximum absolute atomic E-state index is 13.9. The first-order valence-corrected chi connectivity index (χ1v) is 13.0. The van der Waals surface area contributed by atoms with Crippen LogP contribution in [0.5, 0.6) is 5.75 Å². The van der Waals surface area contributed by atoms with Gasteiger partial charge in [0.15, 0.2) is 0 Å². The van der Waals surface area contributed by atoms with E-state index in [2.05, 4.69) is 11.0 Å². The molecule has 2 aliphatic heterocycles. The predicted octanol–water partition coefficient (Wildman–Crippen LogP) is 3.55. The first-order chi connectivity index (χ1) is 16.1. The number of carbonyl (C=O) groups excluding carboxylic acids is 2. The molecule has 1 aromatic rings. The second-order valence-electron chi connectivity index (χ2n) is 11.3. The molecule has 7 rings (SSSR count). The fraction of sp³-hybridized carbons (Fsp3) is 0.704. The van der Waals surface area contributed by atoms with E-state index < -0.39 is 0 Å². The zero-order valence-electron chi connectivity index (χ0n) is 19.9. The van der Waals surface area contributed by atoms with Crippen LogP contribution in [-0.2, 0) is 9.59 Å². The molecule has 6 nitrogen and oxygen atoms in total. The zero-order chi connectivity index (χ0) is 22.6. The Hall–Kier alpha value is -2.24. The van der Waals surface area contributed by atoms with E-state index in [9.17, 15) is 9.59 Å². The van der Waals surface area contributed by atoms with E-state index in [0.717, 1.165) is 80.9 Å². The van der Waals surface area contributed by atoms with Crippen molar-refractivity contribution in [2.24, 2.45) is 23.2 Å². The third kappa shape index (κ3) is 3.60. The normalized spacial score (nSPS) is 35.2. The molecular formula is C27H37N3O3. The molecule has 6 heteroatoms. The second kappa shape index (κ2) is 8.21. The van der Waals surface area contributed by atoms with Gasteiger partial charge in [0.1, 0.15) is 11.8 Å². The number of para-hydroxylation sites is 2. The fourth-order valence-corrected chi connectivity index (χ4v) is 8.21. The number of hydrogen-bond donors (Lipinski definition) is 0. The number of rotatable bonds is 4. The van der Waals surface area contributed by atoms with E-state index in [0.29, 0.717) is 19.0 Å². The number of likely N-dealkylation sites (tertiary alicyclic amines) is 1. The van der Waals surface area contributed by atoms with Gasteiger partial charge in [0.05, 0.1) is 18.2 Å². The number of hydrogen-bond acceptors (Lipinski definition) is 4. The largest absolute Gasteiger partial charge is 0.495 e. The second-order valence-corrected chi connectivity index (χ2v) is 11.3. The smallest absolute Gasteiger partial charge is 0.245 e. The van der Waals surface area contributed by atoms with E-state index >= 15 is 0 Å². The monoisotopic (exact) mass is 451 g/mol. The molecule has 178 valence electrons. The number of nitrogens with zero attached hydrogens (tertiary/aromatic N) is 3. The molecule has 4 saturated carbocycles. The van der Waals surface area contributed by atoms with Gasteiger partial charge in [0.25, 0.3) is 0 Å². The lowest BCUT2D eigenvalue weighted by Gasteiger charge is -2.56. The molecule has 6 aliphatic rings. The highest BCUT2D eigenvalue weighted by Crippen LogP contribution is 2.60. The number of piperazine rings is 1. The third-order valence-electron chi connectivity index (χ3n) is 9.31. The van der Waals surface area contributed by atoms with Crippen LogP contribution in [0.3, 0.4) is 0 Å². The molecule has 1 aromatic carbocycles. The van der Waals surface area contributed by atoms with Crippen LogP contribution in [-0.4, -0.2) is 67.5 Å². The van der Waals surface area contributed by atoms with Crippen molar-refractivity contribution in [3.8, 4) is 5.75 Å². The molecule has 4 aliphatic carbocycles. The molecular weight excluding hydrogens is 414 g/mol. The summed E-state index contributed by atoms with van der Waals surface area (Å²) in [5.74, 6) is 3.62. The molecule has 4 bridgehead atoms. The summed E-state index contributed by atoms with van der Waals surface area (Å²) in [5.41, 5.74) is 0.937. The van der Waals surface area contributed by atoms with E-state index in [1.807, 2.05) is 28.0 Å². The van der Waals surface area contributed by atoms with Crippen LogP contribution in [0.1, 0.15) is 51.4 Å². The number of benzene rings is 1. The minimum absolute atomic E-state index is 0.153. The van der Waals surface area contributed by atoms with E-state index in [1.165, 1.54) is 19.3 Å². The number of ether oxygens (including phenoxy) is 1. The Morgan fingerprint density at radius 2 is 1.55 bits per heavy atom. The molecule has 0 spiro atoms. The Kier molecular flexibility index (Phi) is 5.30. The van der Waals surface area contributed by atoms with Crippen LogP contribution >= 0.6 is 0 Å². The van der Waals surface area contributed by atoms with Crippen LogP contribution in [0, 0.1) is 23.2 Å². The minimum atomic E-state index is -0.247. The average Bonchev–Trinajstić information content (AvgIpc) is 3.32. The average molecular weight is 452 g/mol. The van der Waals surface area contributed by atoms with Crippen LogP contribution in [0.25, 0.3) is 0 Å². The SMILES string of the molecule is COc1ccccc1N1CCN(C(=O)C2CCCN2C(=O)C23CC4CC(CC(C4)C2)C3)CC1. The van der Waals surface area contributed by atoms with Gasteiger partial charge >= 0.3 is 0 Å². The van der Waals surface area contributed by atoms with Crippen molar-refractivity contribution in [1.29, 1.82) is 0 Å². The van der Waals surface area contributed by atoms with Gasteiger partial charge in [-0.05, 0) is 81.3 Å². The summed E-state index contributed by atoms with van der Waals surface area (Å²) < 4.78 is 5.53. The first-order valence-electron chi connectivity index (χ1n) is 13.0. The summed E-state index contributed by atoms with van der Waals surface area (Å²) in [5, 5.41) is 0. The Balaban J connectivity index is 1.13. The fourth-order valence-electron chi connectivity index (χ4n) is 8.21. The quantitative estimate of drug-likeness (QED) is 0.703. The van der Waals surface area contributed by atoms with Gasteiger partial charge < -0.3 is 19.4 Å². The molecule has 2 heterocycles. The summed E-state index contributed by atoms with van der Waals surface area (Å²) in [6.07, 6.45) is 9.02. The Labute approximate surface area is 197 Å². The van der Waals surface area contributed by atoms with Gasteiger partial charge in [-0.3, -0.25) is 9.59 Å². The summed E-state index contributed by atoms with van der Waals surface area (Å²) >= 11 is 0. The van der Waals surface area contributed by atoms with Crippen molar-refractivity contribution in [1.82, 2.24) is 9.80 Å². The number of methoxy groups -OCH3 is 1. The highest BCUT2D eigenvalue weighted by Gasteiger charge is 2.57. The predicted molar refractivity (Wildman–Crippen MR) is 127 cm³/mol. The minimum Gasteiger partial charge on any atom is -0.495 e. The van der Waals surface area contributed by atoms with Gasteiger partial charge in [-0.2, -0.15) is 0 Å². The molecule has 1 unspecified atom stereocenters. The summed E-state index contributed by atoms with van der Waals surface area (Å²) in [7, 11) is 1.70. The van der Waals surface area contributed by atoms with E-state index in [4.69, 9.17) is 4.74 Å². The summed E-state index contributed by atoms with van der Waals surface area (Å²) in [6.45, 7) is 3.75. The topological polar surface area (TPSA) is 53.1 Å². The summed E-state index contributed by atoms with van der Waals surface area (Å²) in [6, 6.07) is 7.83. The van der Waals surface area contributed by atoms with Gasteiger partial charge in [-0.25, -0.2) is 0 Å². The van der Waals surface area contributed by atoms with Gasteiger partial charge in [-0.15, -0.1) is 0 Å².